The quantitative estimate of drug-likeness (QED) is 0.302. The zero-order valence-electron chi connectivity index (χ0n) is 16.9. The van der Waals surface area contributed by atoms with Crippen molar-refractivity contribution in [3.8, 4) is 10.6 Å². The van der Waals surface area contributed by atoms with E-state index < -0.39 is 0 Å². The summed E-state index contributed by atoms with van der Waals surface area (Å²) in [7, 11) is 0. The van der Waals surface area contributed by atoms with Crippen molar-refractivity contribution in [2.24, 2.45) is 5.92 Å². The highest BCUT2D eigenvalue weighted by Gasteiger charge is 2.38. The number of fused-ring (bicyclic) bond motifs is 4. The SMILES string of the molecule is Cc1ccc2nc(-c3ccc4c(c3)[C@@H]3C=CC[C@@H]3[C@H](c3ccc(Cl)c(Cl)c3)N4)sc2c1. The molecule has 1 aliphatic carbocycles. The lowest BCUT2D eigenvalue weighted by Crippen LogP contribution is -2.29. The van der Waals surface area contributed by atoms with Gasteiger partial charge in [-0.1, -0.05) is 47.5 Å². The van der Waals surface area contributed by atoms with E-state index in [1.165, 1.54) is 32.6 Å². The van der Waals surface area contributed by atoms with E-state index in [1.54, 1.807) is 11.3 Å². The molecule has 0 saturated heterocycles. The van der Waals surface area contributed by atoms with Crippen LogP contribution in [0.1, 0.15) is 35.1 Å². The summed E-state index contributed by atoms with van der Waals surface area (Å²) in [5.41, 5.74) is 7.24. The third-order valence-electron chi connectivity index (χ3n) is 6.46. The van der Waals surface area contributed by atoms with Crippen molar-refractivity contribution in [3.63, 3.8) is 0 Å². The van der Waals surface area contributed by atoms with E-state index in [4.69, 9.17) is 28.2 Å². The molecule has 1 N–H and O–H groups in total. The summed E-state index contributed by atoms with van der Waals surface area (Å²) in [6, 6.07) is 19.4. The molecule has 31 heavy (non-hydrogen) atoms. The first kappa shape index (κ1) is 19.4. The Kier molecular flexibility index (Phi) is 4.60. The average Bonchev–Trinajstić information content (AvgIpc) is 3.42. The number of hydrogen-bond donors (Lipinski definition) is 1. The molecule has 3 atom stereocenters. The molecule has 0 bridgehead atoms. The molecular weight excluding hydrogens is 443 g/mol. The van der Waals surface area contributed by atoms with Gasteiger partial charge in [0, 0.05) is 17.2 Å². The fraction of sp³-hybridized carbons (Fsp3) is 0.192. The number of nitrogens with one attached hydrogen (secondary N) is 1. The van der Waals surface area contributed by atoms with Crippen molar-refractivity contribution in [1.29, 1.82) is 0 Å². The number of rotatable bonds is 2. The molecule has 4 aromatic rings. The van der Waals surface area contributed by atoms with Crippen LogP contribution in [0.2, 0.25) is 10.0 Å². The van der Waals surface area contributed by atoms with Crippen LogP contribution < -0.4 is 5.32 Å². The van der Waals surface area contributed by atoms with E-state index in [9.17, 15) is 0 Å². The van der Waals surface area contributed by atoms with Gasteiger partial charge in [-0.05, 0) is 78.4 Å². The van der Waals surface area contributed by atoms with Crippen molar-refractivity contribution < 1.29 is 0 Å². The Morgan fingerprint density at radius 2 is 1.90 bits per heavy atom. The highest BCUT2D eigenvalue weighted by molar-refractivity contribution is 7.21. The van der Waals surface area contributed by atoms with Gasteiger partial charge in [-0.25, -0.2) is 4.98 Å². The van der Waals surface area contributed by atoms with Crippen LogP contribution in [0.4, 0.5) is 5.69 Å². The number of halogens is 2. The van der Waals surface area contributed by atoms with Crippen LogP contribution >= 0.6 is 34.5 Å². The summed E-state index contributed by atoms with van der Waals surface area (Å²) < 4.78 is 1.24. The van der Waals surface area contributed by atoms with Crippen molar-refractivity contribution in [1.82, 2.24) is 4.98 Å². The van der Waals surface area contributed by atoms with Gasteiger partial charge in [0.05, 0.1) is 26.3 Å². The molecule has 1 aliphatic heterocycles. The second-order valence-electron chi connectivity index (χ2n) is 8.44. The topological polar surface area (TPSA) is 24.9 Å². The molecule has 0 spiro atoms. The largest absolute Gasteiger partial charge is 0.378 e. The van der Waals surface area contributed by atoms with Crippen LogP contribution in [0.5, 0.6) is 0 Å². The molecular formula is C26H20Cl2N2S. The van der Waals surface area contributed by atoms with Gasteiger partial charge < -0.3 is 5.32 Å². The molecule has 0 saturated carbocycles. The van der Waals surface area contributed by atoms with Gasteiger partial charge in [0.2, 0.25) is 0 Å². The maximum absolute atomic E-state index is 6.33. The second-order valence-corrected chi connectivity index (χ2v) is 10.3. The smallest absolute Gasteiger partial charge is 0.124 e. The average molecular weight is 463 g/mol. The van der Waals surface area contributed by atoms with Crippen molar-refractivity contribution in [2.75, 3.05) is 5.32 Å². The Bertz CT molecular complexity index is 1360. The molecule has 6 rings (SSSR count). The zero-order chi connectivity index (χ0) is 21.1. The predicted octanol–water partition coefficient (Wildman–Crippen LogP) is 8.41. The molecule has 1 aromatic heterocycles. The van der Waals surface area contributed by atoms with Crippen LogP contribution in [0.3, 0.4) is 0 Å². The summed E-state index contributed by atoms with van der Waals surface area (Å²) in [5, 5.41) is 6.07. The van der Waals surface area contributed by atoms with Crippen LogP contribution in [0, 0.1) is 12.8 Å². The number of aromatic nitrogens is 1. The molecule has 0 fully saturated rings. The van der Waals surface area contributed by atoms with Gasteiger partial charge >= 0.3 is 0 Å². The zero-order valence-corrected chi connectivity index (χ0v) is 19.2. The maximum Gasteiger partial charge on any atom is 0.124 e. The van der Waals surface area contributed by atoms with Crippen molar-refractivity contribution in [3.05, 3.63) is 93.5 Å². The lowest BCUT2D eigenvalue weighted by atomic mass is 9.76. The molecule has 0 unspecified atom stereocenters. The van der Waals surface area contributed by atoms with Crippen LogP contribution in [0.15, 0.2) is 66.7 Å². The highest BCUT2D eigenvalue weighted by atomic mass is 35.5. The molecule has 2 heterocycles. The number of aryl methyl sites for hydroxylation is 1. The van der Waals surface area contributed by atoms with Crippen molar-refractivity contribution >= 4 is 50.4 Å². The number of hydrogen-bond acceptors (Lipinski definition) is 3. The number of thiazole rings is 1. The summed E-state index contributed by atoms with van der Waals surface area (Å²) >= 11 is 14.2. The molecule has 0 radical (unpaired) electrons. The van der Waals surface area contributed by atoms with Gasteiger partial charge in [0.25, 0.3) is 0 Å². The van der Waals surface area contributed by atoms with Crippen LogP contribution in [-0.2, 0) is 0 Å². The summed E-state index contributed by atoms with van der Waals surface area (Å²) in [6.07, 6.45) is 5.72. The third-order valence-corrected chi connectivity index (χ3v) is 8.26. The predicted molar refractivity (Wildman–Crippen MR) is 133 cm³/mol. The van der Waals surface area contributed by atoms with Crippen molar-refractivity contribution in [2.45, 2.75) is 25.3 Å². The minimum Gasteiger partial charge on any atom is -0.378 e. The second kappa shape index (κ2) is 7.37. The van der Waals surface area contributed by atoms with E-state index in [0.717, 1.165) is 16.9 Å². The fourth-order valence-corrected chi connectivity index (χ4v) is 6.29. The van der Waals surface area contributed by atoms with E-state index in [2.05, 4.69) is 66.9 Å². The van der Waals surface area contributed by atoms with E-state index in [-0.39, 0.29) is 6.04 Å². The monoisotopic (exact) mass is 462 g/mol. The lowest BCUT2D eigenvalue weighted by molar-refractivity contribution is 0.425. The first-order chi connectivity index (χ1) is 15.1. The van der Waals surface area contributed by atoms with Gasteiger partial charge in [-0.15, -0.1) is 11.3 Å². The lowest BCUT2D eigenvalue weighted by Gasteiger charge is -2.37. The fourth-order valence-electron chi connectivity index (χ4n) is 4.92. The van der Waals surface area contributed by atoms with Crippen LogP contribution in [0.25, 0.3) is 20.8 Å². The first-order valence-corrected chi connectivity index (χ1v) is 12.0. The summed E-state index contributed by atoms with van der Waals surface area (Å²) in [5.74, 6) is 0.838. The molecule has 154 valence electrons. The number of nitrogens with zero attached hydrogens (tertiary/aromatic N) is 1. The van der Waals surface area contributed by atoms with E-state index >= 15 is 0 Å². The van der Waals surface area contributed by atoms with Gasteiger partial charge in [-0.3, -0.25) is 0 Å². The first-order valence-electron chi connectivity index (χ1n) is 10.5. The van der Waals surface area contributed by atoms with Gasteiger partial charge in [0.15, 0.2) is 0 Å². The number of benzene rings is 3. The Morgan fingerprint density at radius 3 is 2.77 bits per heavy atom. The maximum atomic E-state index is 6.33. The molecule has 2 nitrogen and oxygen atoms in total. The summed E-state index contributed by atoms with van der Waals surface area (Å²) in [4.78, 5) is 4.89. The van der Waals surface area contributed by atoms with E-state index in [1.807, 2.05) is 12.1 Å². The van der Waals surface area contributed by atoms with Gasteiger partial charge in [-0.2, -0.15) is 0 Å². The minimum absolute atomic E-state index is 0.207. The molecule has 2 aliphatic rings. The third kappa shape index (κ3) is 3.27. The Labute approximate surface area is 195 Å². The molecule has 0 amide bonds. The minimum atomic E-state index is 0.207. The number of anilines is 1. The molecule has 5 heteroatoms. The summed E-state index contributed by atoms with van der Waals surface area (Å²) in [6.45, 7) is 2.13. The standard InChI is InChI=1S/C26H20Cl2N2S/c1-14-5-9-23-24(11-14)31-26(30-23)16-7-10-22-19(12-16)17-3-2-4-18(17)25(29-22)15-6-8-20(27)21(28)13-15/h2-3,5-13,17-18,25,29H,4H2,1H3/t17-,18+,25+/m1/s1. The Balaban J connectivity index is 1.41. The van der Waals surface area contributed by atoms with Crippen LogP contribution in [-0.4, -0.2) is 4.98 Å². The Hall–Kier alpha value is -2.33. The highest BCUT2D eigenvalue weighted by Crippen LogP contribution is 2.51. The Morgan fingerprint density at radius 1 is 1.00 bits per heavy atom. The van der Waals surface area contributed by atoms with E-state index in [0.29, 0.717) is 21.9 Å². The normalized spacial score (nSPS) is 21.7. The molecule has 3 aromatic carbocycles. The number of allylic oxidation sites excluding steroid dienone is 2. The van der Waals surface area contributed by atoms with Gasteiger partial charge in [0.1, 0.15) is 5.01 Å².